The molecule has 82 valence electrons. The first-order valence-corrected chi connectivity index (χ1v) is 5.42. The van der Waals surface area contributed by atoms with Crippen molar-refractivity contribution in [2.45, 2.75) is 18.4 Å². The molecule has 0 spiro atoms. The quantitative estimate of drug-likeness (QED) is 0.741. The van der Waals surface area contributed by atoms with Crippen molar-refractivity contribution in [2.75, 3.05) is 0 Å². The zero-order valence-corrected chi connectivity index (χ0v) is 9.20. The summed E-state index contributed by atoms with van der Waals surface area (Å²) in [6.45, 7) is 0. The van der Waals surface area contributed by atoms with Crippen LogP contribution in [0.15, 0.2) is 18.2 Å². The second-order valence-electron chi connectivity index (χ2n) is 4.17. The Morgan fingerprint density at radius 1 is 1.31 bits per heavy atom. The van der Waals surface area contributed by atoms with Crippen LogP contribution >= 0.6 is 11.6 Å². The predicted molar refractivity (Wildman–Crippen MR) is 61.3 cm³/mol. The molecular weight excluding hydrogens is 226 g/mol. The molecule has 3 N–H and O–H groups in total. The van der Waals surface area contributed by atoms with Crippen LogP contribution in [-0.4, -0.2) is 15.1 Å². The summed E-state index contributed by atoms with van der Waals surface area (Å²) in [5, 5.41) is 10.6. The van der Waals surface area contributed by atoms with E-state index in [-0.39, 0.29) is 11.0 Å². The van der Waals surface area contributed by atoms with Crippen LogP contribution < -0.4 is 5.73 Å². The van der Waals surface area contributed by atoms with E-state index in [1.54, 1.807) is 12.1 Å². The Labute approximate surface area is 97.1 Å². The highest BCUT2D eigenvalue weighted by atomic mass is 35.5. The first-order chi connectivity index (χ1) is 7.60. The van der Waals surface area contributed by atoms with Gasteiger partial charge in [-0.25, -0.2) is 9.97 Å². The van der Waals surface area contributed by atoms with Gasteiger partial charge in [-0.15, -0.1) is 0 Å². The smallest absolute Gasteiger partial charge is 0.223 e. The number of nitrogens with two attached hydrogens (primary N) is 1. The van der Waals surface area contributed by atoms with Crippen molar-refractivity contribution in [1.29, 1.82) is 0 Å². The minimum absolute atomic E-state index is 0.104. The standard InChI is InChI=1S/C11H10ClN3O/c12-10-14-8-6(2-1-3-7(8)16)9(15-10)11(13)4-5-11/h1-3,16H,4-5,13H2. The molecule has 0 aliphatic heterocycles. The van der Waals surface area contributed by atoms with Gasteiger partial charge >= 0.3 is 0 Å². The number of fused-ring (bicyclic) bond motifs is 1. The number of benzene rings is 1. The van der Waals surface area contributed by atoms with Crippen LogP contribution in [0.1, 0.15) is 18.5 Å². The molecule has 0 saturated heterocycles. The summed E-state index contributed by atoms with van der Waals surface area (Å²) in [6.07, 6.45) is 1.79. The number of phenols is 1. The summed E-state index contributed by atoms with van der Waals surface area (Å²) >= 11 is 5.84. The molecular formula is C11H10ClN3O. The molecule has 1 aliphatic rings. The summed E-state index contributed by atoms with van der Waals surface area (Å²) in [6, 6.07) is 5.18. The minimum atomic E-state index is -0.390. The monoisotopic (exact) mass is 235 g/mol. The fourth-order valence-corrected chi connectivity index (χ4v) is 2.03. The van der Waals surface area contributed by atoms with E-state index in [1.807, 2.05) is 6.07 Å². The average Bonchev–Trinajstić information content (AvgIpc) is 2.98. The number of para-hydroxylation sites is 1. The molecule has 2 aromatic rings. The Morgan fingerprint density at radius 3 is 2.75 bits per heavy atom. The van der Waals surface area contributed by atoms with Gasteiger partial charge < -0.3 is 10.8 Å². The largest absolute Gasteiger partial charge is 0.506 e. The van der Waals surface area contributed by atoms with Crippen molar-refractivity contribution in [2.24, 2.45) is 5.73 Å². The number of aromatic nitrogens is 2. The Morgan fingerprint density at radius 2 is 2.06 bits per heavy atom. The molecule has 5 heteroatoms. The van der Waals surface area contributed by atoms with Crippen LogP contribution in [0.5, 0.6) is 5.75 Å². The molecule has 1 aromatic carbocycles. The van der Waals surface area contributed by atoms with Crippen LogP contribution in [-0.2, 0) is 5.54 Å². The van der Waals surface area contributed by atoms with Crippen molar-refractivity contribution >= 4 is 22.5 Å². The van der Waals surface area contributed by atoms with E-state index < -0.39 is 5.54 Å². The van der Waals surface area contributed by atoms with Gasteiger partial charge in [0.1, 0.15) is 11.3 Å². The second-order valence-corrected chi connectivity index (χ2v) is 4.51. The van der Waals surface area contributed by atoms with Gasteiger partial charge in [0, 0.05) is 5.39 Å². The Bertz CT molecular complexity index is 581. The number of aromatic hydroxyl groups is 1. The van der Waals surface area contributed by atoms with E-state index in [9.17, 15) is 5.11 Å². The number of rotatable bonds is 1. The van der Waals surface area contributed by atoms with E-state index >= 15 is 0 Å². The van der Waals surface area contributed by atoms with E-state index in [1.165, 1.54) is 0 Å². The van der Waals surface area contributed by atoms with Crippen molar-refractivity contribution in [3.05, 3.63) is 29.2 Å². The normalized spacial score (nSPS) is 17.6. The topological polar surface area (TPSA) is 72.0 Å². The number of hydrogen-bond acceptors (Lipinski definition) is 4. The minimum Gasteiger partial charge on any atom is -0.506 e. The lowest BCUT2D eigenvalue weighted by atomic mass is 10.1. The highest BCUT2D eigenvalue weighted by Gasteiger charge is 2.43. The van der Waals surface area contributed by atoms with Gasteiger partial charge in [0.2, 0.25) is 5.28 Å². The van der Waals surface area contributed by atoms with Crippen LogP contribution in [0.4, 0.5) is 0 Å². The summed E-state index contributed by atoms with van der Waals surface area (Å²) in [7, 11) is 0. The zero-order chi connectivity index (χ0) is 11.3. The van der Waals surface area contributed by atoms with Gasteiger partial charge in [-0.05, 0) is 30.5 Å². The van der Waals surface area contributed by atoms with Crippen molar-refractivity contribution in [3.63, 3.8) is 0 Å². The molecule has 1 saturated carbocycles. The fourth-order valence-electron chi connectivity index (χ4n) is 1.86. The van der Waals surface area contributed by atoms with Crippen molar-refractivity contribution < 1.29 is 5.11 Å². The number of nitrogens with zero attached hydrogens (tertiary/aromatic N) is 2. The SMILES string of the molecule is NC1(c2nc(Cl)nc3c(O)cccc23)CC1. The molecule has 1 heterocycles. The second kappa shape index (κ2) is 3.06. The van der Waals surface area contributed by atoms with E-state index in [0.717, 1.165) is 23.9 Å². The Kier molecular flexibility index (Phi) is 1.87. The lowest BCUT2D eigenvalue weighted by molar-refractivity contribution is 0.480. The number of halogens is 1. The summed E-state index contributed by atoms with van der Waals surface area (Å²) < 4.78 is 0. The van der Waals surface area contributed by atoms with Crippen molar-refractivity contribution in [3.8, 4) is 5.75 Å². The van der Waals surface area contributed by atoms with Crippen LogP contribution in [0, 0.1) is 0 Å². The predicted octanol–water partition coefficient (Wildman–Crippen LogP) is 1.94. The van der Waals surface area contributed by atoms with Gasteiger partial charge in [-0.3, -0.25) is 0 Å². The first-order valence-electron chi connectivity index (χ1n) is 5.05. The average molecular weight is 236 g/mol. The van der Waals surface area contributed by atoms with E-state index in [0.29, 0.717) is 5.52 Å². The zero-order valence-electron chi connectivity index (χ0n) is 8.44. The number of hydrogen-bond donors (Lipinski definition) is 2. The maximum atomic E-state index is 9.72. The maximum absolute atomic E-state index is 9.72. The third-order valence-electron chi connectivity index (χ3n) is 2.94. The molecule has 3 rings (SSSR count). The highest BCUT2D eigenvalue weighted by Crippen LogP contribution is 2.45. The van der Waals surface area contributed by atoms with Crippen LogP contribution in [0.25, 0.3) is 10.9 Å². The van der Waals surface area contributed by atoms with Gasteiger partial charge in [-0.2, -0.15) is 0 Å². The molecule has 0 bridgehead atoms. The maximum Gasteiger partial charge on any atom is 0.223 e. The lowest BCUT2D eigenvalue weighted by Gasteiger charge is -2.12. The van der Waals surface area contributed by atoms with Gasteiger partial charge in [0.15, 0.2) is 0 Å². The molecule has 16 heavy (non-hydrogen) atoms. The molecule has 0 unspecified atom stereocenters. The number of phenolic OH excluding ortho intramolecular Hbond substituents is 1. The van der Waals surface area contributed by atoms with Gasteiger partial charge in [0.25, 0.3) is 0 Å². The first kappa shape index (κ1) is 9.81. The fraction of sp³-hybridized carbons (Fsp3) is 0.273. The lowest BCUT2D eigenvalue weighted by Crippen LogP contribution is -2.21. The molecule has 0 atom stereocenters. The van der Waals surface area contributed by atoms with Crippen LogP contribution in [0.3, 0.4) is 0 Å². The Hall–Kier alpha value is -1.39. The van der Waals surface area contributed by atoms with E-state index in [4.69, 9.17) is 17.3 Å². The Balaban J connectivity index is 2.39. The van der Waals surface area contributed by atoms with Gasteiger partial charge in [-0.1, -0.05) is 12.1 Å². The molecule has 0 amide bonds. The molecule has 1 aromatic heterocycles. The van der Waals surface area contributed by atoms with E-state index in [2.05, 4.69) is 9.97 Å². The highest BCUT2D eigenvalue weighted by molar-refractivity contribution is 6.28. The summed E-state index contributed by atoms with van der Waals surface area (Å²) in [4.78, 5) is 8.22. The molecule has 1 aliphatic carbocycles. The third kappa shape index (κ3) is 1.34. The summed E-state index contributed by atoms with van der Waals surface area (Å²) in [5.74, 6) is 0.104. The third-order valence-corrected chi connectivity index (χ3v) is 3.11. The summed E-state index contributed by atoms with van der Waals surface area (Å²) in [5.41, 5.74) is 6.93. The van der Waals surface area contributed by atoms with Gasteiger partial charge in [0.05, 0.1) is 11.2 Å². The molecule has 0 radical (unpaired) electrons. The molecule has 1 fully saturated rings. The van der Waals surface area contributed by atoms with Crippen LogP contribution in [0.2, 0.25) is 5.28 Å². The van der Waals surface area contributed by atoms with Crippen molar-refractivity contribution in [1.82, 2.24) is 9.97 Å². The molecule has 4 nitrogen and oxygen atoms in total.